The van der Waals surface area contributed by atoms with Gasteiger partial charge in [0.25, 0.3) is 0 Å². The Labute approximate surface area is 126 Å². The summed E-state index contributed by atoms with van der Waals surface area (Å²) in [7, 11) is 1.62. The maximum Gasteiger partial charge on any atom is 0.149 e. The van der Waals surface area contributed by atoms with E-state index in [0.717, 1.165) is 15.9 Å². The zero-order valence-electron chi connectivity index (χ0n) is 9.25. The molecule has 4 nitrogen and oxygen atoms in total. The van der Waals surface area contributed by atoms with Crippen LogP contribution in [-0.2, 0) is 0 Å². The van der Waals surface area contributed by atoms with E-state index >= 15 is 0 Å². The van der Waals surface area contributed by atoms with Crippen molar-refractivity contribution in [2.24, 2.45) is 0 Å². The number of hydrogen-bond donors (Lipinski definition) is 1. The van der Waals surface area contributed by atoms with E-state index in [1.807, 2.05) is 18.2 Å². The first-order chi connectivity index (χ1) is 8.61. The van der Waals surface area contributed by atoms with E-state index in [-0.39, 0.29) is 0 Å². The average Bonchev–Trinajstić information content (AvgIpc) is 2.35. The second-order valence-electron chi connectivity index (χ2n) is 3.30. The molecule has 1 aromatic carbocycles. The highest BCUT2D eigenvalue weighted by molar-refractivity contribution is 9.11. The Morgan fingerprint density at radius 1 is 1.28 bits per heavy atom. The maximum atomic E-state index is 5.89. The number of halogens is 3. The Hall–Kier alpha value is -0.850. The maximum absolute atomic E-state index is 5.89. The van der Waals surface area contributed by atoms with Gasteiger partial charge in [-0.05, 0) is 50.1 Å². The number of benzene rings is 1. The van der Waals surface area contributed by atoms with E-state index in [1.54, 1.807) is 7.11 Å². The standard InChI is InChI=1S/C11H8Br2ClN3O/c1-18-8-3-2-6(4-7(8)12)17-11-9(13)10(14)15-5-16-11/h2-5H,1H3,(H,15,16,17). The second-order valence-corrected chi connectivity index (χ2v) is 5.31. The van der Waals surface area contributed by atoms with Crippen molar-refractivity contribution >= 4 is 55.0 Å². The zero-order chi connectivity index (χ0) is 13.1. The number of aromatic nitrogens is 2. The highest BCUT2D eigenvalue weighted by Gasteiger charge is 2.08. The molecule has 0 saturated heterocycles. The number of anilines is 2. The molecule has 0 aliphatic carbocycles. The smallest absolute Gasteiger partial charge is 0.149 e. The topological polar surface area (TPSA) is 47.0 Å². The second kappa shape index (κ2) is 5.86. The van der Waals surface area contributed by atoms with Gasteiger partial charge in [-0.25, -0.2) is 9.97 Å². The quantitative estimate of drug-likeness (QED) is 0.785. The first kappa shape index (κ1) is 13.6. The lowest BCUT2D eigenvalue weighted by atomic mass is 10.3. The molecule has 0 aliphatic heterocycles. The number of methoxy groups -OCH3 is 1. The number of ether oxygens (including phenoxy) is 1. The largest absolute Gasteiger partial charge is 0.496 e. The lowest BCUT2D eigenvalue weighted by molar-refractivity contribution is 0.412. The third-order valence-electron chi connectivity index (χ3n) is 2.16. The molecular weight excluding hydrogens is 385 g/mol. The molecule has 0 bridgehead atoms. The van der Waals surface area contributed by atoms with Crippen molar-refractivity contribution < 1.29 is 4.74 Å². The number of nitrogens with zero attached hydrogens (tertiary/aromatic N) is 2. The first-order valence-electron chi connectivity index (χ1n) is 4.88. The van der Waals surface area contributed by atoms with Crippen LogP contribution in [0.1, 0.15) is 0 Å². The molecule has 1 N–H and O–H groups in total. The molecule has 94 valence electrons. The predicted octanol–water partition coefficient (Wildman–Crippen LogP) is 4.41. The summed E-state index contributed by atoms with van der Waals surface area (Å²) >= 11 is 12.6. The van der Waals surface area contributed by atoms with Crippen molar-refractivity contribution in [3.63, 3.8) is 0 Å². The summed E-state index contributed by atoms with van der Waals surface area (Å²) in [4.78, 5) is 7.97. The monoisotopic (exact) mass is 391 g/mol. The fourth-order valence-corrected chi connectivity index (χ4v) is 2.29. The fraction of sp³-hybridized carbons (Fsp3) is 0.0909. The van der Waals surface area contributed by atoms with Gasteiger partial charge in [-0.2, -0.15) is 0 Å². The highest BCUT2D eigenvalue weighted by atomic mass is 79.9. The van der Waals surface area contributed by atoms with Crippen LogP contribution in [0.4, 0.5) is 11.5 Å². The summed E-state index contributed by atoms with van der Waals surface area (Å²) in [6.07, 6.45) is 1.40. The summed E-state index contributed by atoms with van der Waals surface area (Å²) in [5.74, 6) is 1.37. The van der Waals surface area contributed by atoms with Gasteiger partial charge in [0, 0.05) is 5.69 Å². The van der Waals surface area contributed by atoms with Crippen LogP contribution >= 0.6 is 43.5 Å². The third-order valence-corrected chi connectivity index (χ3v) is 4.05. The van der Waals surface area contributed by atoms with Crippen LogP contribution in [0.15, 0.2) is 33.5 Å². The normalized spacial score (nSPS) is 10.2. The van der Waals surface area contributed by atoms with Gasteiger partial charge in [0.2, 0.25) is 0 Å². The zero-order valence-corrected chi connectivity index (χ0v) is 13.2. The van der Waals surface area contributed by atoms with Crippen molar-refractivity contribution in [1.29, 1.82) is 0 Å². The van der Waals surface area contributed by atoms with E-state index in [9.17, 15) is 0 Å². The lowest BCUT2D eigenvalue weighted by Crippen LogP contribution is -1.96. The SMILES string of the molecule is COc1ccc(Nc2ncnc(Cl)c2Br)cc1Br. The van der Waals surface area contributed by atoms with Crippen LogP contribution in [0.3, 0.4) is 0 Å². The Morgan fingerprint density at radius 2 is 2.06 bits per heavy atom. The van der Waals surface area contributed by atoms with Crippen LogP contribution in [0, 0.1) is 0 Å². The molecule has 2 aromatic rings. The molecule has 7 heteroatoms. The molecule has 0 amide bonds. The Balaban J connectivity index is 2.29. The minimum atomic E-state index is 0.361. The van der Waals surface area contributed by atoms with Gasteiger partial charge in [0.1, 0.15) is 23.0 Å². The van der Waals surface area contributed by atoms with Crippen molar-refractivity contribution in [1.82, 2.24) is 9.97 Å². The summed E-state index contributed by atoms with van der Waals surface area (Å²) in [5, 5.41) is 3.50. The molecule has 1 heterocycles. The highest BCUT2D eigenvalue weighted by Crippen LogP contribution is 2.32. The number of nitrogens with one attached hydrogen (secondary N) is 1. The minimum Gasteiger partial charge on any atom is -0.496 e. The van der Waals surface area contributed by atoms with Crippen LogP contribution in [0.5, 0.6) is 5.75 Å². The summed E-state index contributed by atoms with van der Waals surface area (Å²) in [5.41, 5.74) is 0.859. The molecule has 0 fully saturated rings. The minimum absolute atomic E-state index is 0.361. The van der Waals surface area contributed by atoms with Crippen LogP contribution in [0.2, 0.25) is 5.15 Å². The van der Waals surface area contributed by atoms with Crippen molar-refractivity contribution in [3.8, 4) is 5.75 Å². The van der Waals surface area contributed by atoms with Crippen molar-refractivity contribution in [2.75, 3.05) is 12.4 Å². The molecule has 1 aromatic heterocycles. The average molecular weight is 393 g/mol. The van der Waals surface area contributed by atoms with Gasteiger partial charge in [0.15, 0.2) is 0 Å². The Kier molecular flexibility index (Phi) is 4.42. The molecule has 0 spiro atoms. The lowest BCUT2D eigenvalue weighted by Gasteiger charge is -2.09. The van der Waals surface area contributed by atoms with Gasteiger partial charge in [-0.1, -0.05) is 11.6 Å². The fourth-order valence-electron chi connectivity index (χ4n) is 1.32. The van der Waals surface area contributed by atoms with Gasteiger partial charge in [0.05, 0.1) is 16.1 Å². The molecular formula is C11H8Br2ClN3O. The molecule has 0 aliphatic rings. The third kappa shape index (κ3) is 2.93. The molecule has 2 rings (SSSR count). The number of hydrogen-bond acceptors (Lipinski definition) is 4. The molecule has 0 atom stereocenters. The summed E-state index contributed by atoms with van der Waals surface area (Å²) in [6, 6.07) is 5.62. The van der Waals surface area contributed by atoms with Crippen molar-refractivity contribution in [3.05, 3.63) is 38.6 Å². The molecule has 18 heavy (non-hydrogen) atoms. The Morgan fingerprint density at radius 3 is 2.72 bits per heavy atom. The molecule has 0 unspecified atom stereocenters. The van der Waals surface area contributed by atoms with Crippen LogP contribution in [-0.4, -0.2) is 17.1 Å². The van der Waals surface area contributed by atoms with Crippen LogP contribution < -0.4 is 10.1 Å². The van der Waals surface area contributed by atoms with E-state index < -0.39 is 0 Å². The van der Waals surface area contributed by atoms with Gasteiger partial charge >= 0.3 is 0 Å². The van der Waals surface area contributed by atoms with E-state index in [0.29, 0.717) is 15.4 Å². The number of rotatable bonds is 3. The first-order valence-corrected chi connectivity index (χ1v) is 6.84. The summed E-state index contributed by atoms with van der Waals surface area (Å²) in [6.45, 7) is 0. The van der Waals surface area contributed by atoms with Crippen molar-refractivity contribution in [2.45, 2.75) is 0 Å². The van der Waals surface area contributed by atoms with Crippen LogP contribution in [0.25, 0.3) is 0 Å². The van der Waals surface area contributed by atoms with Gasteiger partial charge < -0.3 is 10.1 Å². The predicted molar refractivity (Wildman–Crippen MR) is 78.7 cm³/mol. The van der Waals surface area contributed by atoms with Gasteiger partial charge in [-0.15, -0.1) is 0 Å². The molecule has 0 saturated carbocycles. The summed E-state index contributed by atoms with van der Waals surface area (Å²) < 4.78 is 6.64. The van der Waals surface area contributed by atoms with E-state index in [2.05, 4.69) is 47.1 Å². The molecule has 0 radical (unpaired) electrons. The van der Waals surface area contributed by atoms with Gasteiger partial charge in [-0.3, -0.25) is 0 Å². The Bertz CT molecular complexity index is 580. The van der Waals surface area contributed by atoms with E-state index in [1.165, 1.54) is 6.33 Å². The van der Waals surface area contributed by atoms with E-state index in [4.69, 9.17) is 16.3 Å².